The molecule has 0 spiro atoms. The zero-order chi connectivity index (χ0) is 13.4. The van der Waals surface area contributed by atoms with Gasteiger partial charge in [-0.1, -0.05) is 18.2 Å². The lowest BCUT2D eigenvalue weighted by Gasteiger charge is -2.24. The Labute approximate surface area is 111 Å². The number of ether oxygens (including phenoxy) is 1. The van der Waals surface area contributed by atoms with Gasteiger partial charge >= 0.3 is 5.97 Å². The molecule has 1 rings (SSSR count). The predicted octanol–water partition coefficient (Wildman–Crippen LogP) is 1.59. The third kappa shape index (κ3) is 4.64. The summed E-state index contributed by atoms with van der Waals surface area (Å²) in [5.41, 5.74) is -0.856. The van der Waals surface area contributed by atoms with E-state index in [2.05, 4.69) is 0 Å². The van der Waals surface area contributed by atoms with Crippen LogP contribution in [0.15, 0.2) is 30.3 Å². The molecule has 18 heavy (non-hydrogen) atoms. The van der Waals surface area contributed by atoms with Crippen LogP contribution < -0.4 is 0 Å². The van der Waals surface area contributed by atoms with Gasteiger partial charge in [0.05, 0.1) is 11.4 Å². The van der Waals surface area contributed by atoms with Gasteiger partial charge in [-0.05, 0) is 25.0 Å². The number of rotatable bonds is 7. The minimum absolute atomic E-state index is 0.0359. The second-order valence-electron chi connectivity index (χ2n) is 4.13. The van der Waals surface area contributed by atoms with Crippen LogP contribution >= 0.6 is 11.6 Å². The van der Waals surface area contributed by atoms with Crippen molar-refractivity contribution in [3.05, 3.63) is 35.9 Å². The van der Waals surface area contributed by atoms with E-state index in [0.29, 0.717) is 12.0 Å². The molecule has 5 heteroatoms. The van der Waals surface area contributed by atoms with Crippen LogP contribution in [-0.2, 0) is 4.74 Å². The first-order valence-corrected chi connectivity index (χ1v) is 6.26. The Morgan fingerprint density at radius 2 is 2.00 bits per heavy atom. The molecule has 100 valence electrons. The maximum Gasteiger partial charge on any atom is 0.338 e. The van der Waals surface area contributed by atoms with Crippen molar-refractivity contribution in [3.8, 4) is 0 Å². The van der Waals surface area contributed by atoms with Crippen molar-refractivity contribution in [2.45, 2.75) is 18.4 Å². The number of esters is 1. The van der Waals surface area contributed by atoms with Gasteiger partial charge in [0, 0.05) is 6.61 Å². The lowest BCUT2D eigenvalue weighted by Crippen LogP contribution is -2.37. The molecule has 0 aromatic heterocycles. The first-order valence-electron chi connectivity index (χ1n) is 5.73. The van der Waals surface area contributed by atoms with Crippen molar-refractivity contribution in [2.75, 3.05) is 19.1 Å². The van der Waals surface area contributed by atoms with Gasteiger partial charge in [0.25, 0.3) is 0 Å². The molecule has 0 saturated heterocycles. The highest BCUT2D eigenvalue weighted by molar-refractivity contribution is 6.18. The monoisotopic (exact) mass is 272 g/mol. The number of carbonyl (C=O) groups excluding carboxylic acids is 1. The van der Waals surface area contributed by atoms with Crippen LogP contribution in [0, 0.1) is 0 Å². The summed E-state index contributed by atoms with van der Waals surface area (Å²) in [6.45, 7) is -0.212. The number of carbonyl (C=O) groups is 1. The Morgan fingerprint density at radius 3 is 2.56 bits per heavy atom. The smallest absolute Gasteiger partial charge is 0.338 e. The fourth-order valence-electron chi connectivity index (χ4n) is 1.44. The van der Waals surface area contributed by atoms with Crippen molar-refractivity contribution in [1.29, 1.82) is 0 Å². The summed E-state index contributed by atoms with van der Waals surface area (Å²) in [4.78, 5) is 11.7. The van der Waals surface area contributed by atoms with Gasteiger partial charge in [0.2, 0.25) is 0 Å². The number of hydrogen-bond donors (Lipinski definition) is 2. The highest BCUT2D eigenvalue weighted by Crippen LogP contribution is 2.16. The van der Waals surface area contributed by atoms with Crippen LogP contribution in [0.1, 0.15) is 23.2 Å². The molecule has 0 aliphatic carbocycles. The summed E-state index contributed by atoms with van der Waals surface area (Å²) < 4.78 is 5.03. The molecule has 0 aliphatic heterocycles. The number of halogens is 1. The Balaban J connectivity index is 2.50. The summed E-state index contributed by atoms with van der Waals surface area (Å²) in [7, 11) is 0. The summed E-state index contributed by atoms with van der Waals surface area (Å²) in [5.74, 6) is -0.544. The van der Waals surface area contributed by atoms with Crippen molar-refractivity contribution in [3.63, 3.8) is 0 Å². The van der Waals surface area contributed by atoms with Crippen LogP contribution in [-0.4, -0.2) is 40.9 Å². The molecule has 4 nitrogen and oxygen atoms in total. The third-order valence-corrected chi connectivity index (χ3v) is 3.03. The lowest BCUT2D eigenvalue weighted by atomic mass is 10.0. The summed E-state index contributed by atoms with van der Waals surface area (Å²) in [5, 5.41) is 18.7. The maximum atomic E-state index is 11.7. The van der Waals surface area contributed by atoms with E-state index < -0.39 is 11.6 Å². The van der Waals surface area contributed by atoms with Crippen LogP contribution in [0.25, 0.3) is 0 Å². The van der Waals surface area contributed by atoms with Crippen molar-refractivity contribution in [2.24, 2.45) is 0 Å². The topological polar surface area (TPSA) is 66.8 Å². The number of aliphatic hydroxyl groups is 2. The molecule has 0 heterocycles. The van der Waals surface area contributed by atoms with Crippen molar-refractivity contribution < 1.29 is 19.7 Å². The van der Waals surface area contributed by atoms with E-state index in [-0.39, 0.29) is 25.5 Å². The lowest BCUT2D eigenvalue weighted by molar-refractivity contribution is -0.0259. The third-order valence-electron chi connectivity index (χ3n) is 2.53. The Morgan fingerprint density at radius 1 is 1.33 bits per heavy atom. The van der Waals surface area contributed by atoms with E-state index in [9.17, 15) is 9.90 Å². The van der Waals surface area contributed by atoms with Crippen LogP contribution in [0.4, 0.5) is 0 Å². The van der Waals surface area contributed by atoms with Gasteiger partial charge in [0.15, 0.2) is 0 Å². The zero-order valence-corrected chi connectivity index (χ0v) is 10.8. The molecule has 1 unspecified atom stereocenters. The molecular weight excluding hydrogens is 256 g/mol. The van der Waals surface area contributed by atoms with Crippen molar-refractivity contribution >= 4 is 17.6 Å². The van der Waals surface area contributed by atoms with Gasteiger partial charge in [-0.3, -0.25) is 0 Å². The van der Waals surface area contributed by atoms with Gasteiger partial charge < -0.3 is 14.9 Å². The molecule has 0 fully saturated rings. The largest absolute Gasteiger partial charge is 0.459 e. The zero-order valence-electron chi connectivity index (χ0n) is 10.0. The van der Waals surface area contributed by atoms with Crippen LogP contribution in [0.3, 0.4) is 0 Å². The van der Waals surface area contributed by atoms with Gasteiger partial charge in [-0.15, -0.1) is 11.6 Å². The number of benzene rings is 1. The first-order chi connectivity index (χ1) is 8.61. The number of hydrogen-bond acceptors (Lipinski definition) is 4. The highest BCUT2D eigenvalue weighted by Gasteiger charge is 2.27. The average molecular weight is 273 g/mol. The quantitative estimate of drug-likeness (QED) is 0.584. The van der Waals surface area contributed by atoms with E-state index >= 15 is 0 Å². The predicted molar refractivity (Wildman–Crippen MR) is 68.7 cm³/mol. The molecular formula is C13H17ClO4. The molecule has 0 aliphatic rings. The minimum Gasteiger partial charge on any atom is -0.459 e. The first kappa shape index (κ1) is 15.0. The molecule has 1 atom stereocenters. The van der Waals surface area contributed by atoms with Crippen LogP contribution in [0.2, 0.25) is 0 Å². The molecule has 0 radical (unpaired) electrons. The molecule has 2 N–H and O–H groups in total. The van der Waals surface area contributed by atoms with E-state index in [0.717, 1.165) is 0 Å². The SMILES string of the molecule is O=C(OCC(O)(CCl)CCCO)c1ccccc1. The van der Waals surface area contributed by atoms with Gasteiger partial charge in [-0.2, -0.15) is 0 Å². The molecule has 0 amide bonds. The second kappa shape index (κ2) is 7.36. The Hall–Kier alpha value is -1.10. The summed E-state index contributed by atoms with van der Waals surface area (Å²) >= 11 is 5.65. The maximum absolute atomic E-state index is 11.7. The molecule has 0 saturated carbocycles. The Kier molecular flexibility index (Phi) is 6.12. The number of aliphatic hydroxyl groups excluding tert-OH is 1. The molecule has 1 aromatic carbocycles. The fraction of sp³-hybridized carbons (Fsp3) is 0.462. The molecule has 0 bridgehead atoms. The Bertz CT molecular complexity index is 369. The van der Waals surface area contributed by atoms with E-state index in [1.54, 1.807) is 30.3 Å². The number of alkyl halides is 1. The standard InChI is InChI=1S/C13H17ClO4/c14-9-13(17,7-4-8-15)10-18-12(16)11-5-2-1-3-6-11/h1-3,5-6,15,17H,4,7-10H2. The fourth-order valence-corrected chi connectivity index (χ4v) is 1.65. The van der Waals surface area contributed by atoms with Crippen LogP contribution in [0.5, 0.6) is 0 Å². The minimum atomic E-state index is -1.28. The summed E-state index contributed by atoms with van der Waals surface area (Å²) in [6, 6.07) is 8.53. The van der Waals surface area contributed by atoms with E-state index in [1.807, 2.05) is 0 Å². The van der Waals surface area contributed by atoms with Gasteiger partial charge in [0.1, 0.15) is 12.2 Å². The molecule has 1 aromatic rings. The van der Waals surface area contributed by atoms with E-state index in [1.165, 1.54) is 0 Å². The second-order valence-corrected chi connectivity index (χ2v) is 4.39. The average Bonchev–Trinajstić information content (AvgIpc) is 2.43. The van der Waals surface area contributed by atoms with Gasteiger partial charge in [-0.25, -0.2) is 4.79 Å². The highest BCUT2D eigenvalue weighted by atomic mass is 35.5. The van der Waals surface area contributed by atoms with E-state index in [4.69, 9.17) is 21.4 Å². The van der Waals surface area contributed by atoms with Crippen molar-refractivity contribution in [1.82, 2.24) is 0 Å². The normalized spacial score (nSPS) is 13.9. The summed E-state index contributed by atoms with van der Waals surface area (Å²) in [6.07, 6.45) is 0.696.